The van der Waals surface area contributed by atoms with Crippen LogP contribution in [0.1, 0.15) is 16.9 Å². The number of carbonyl (C=O) groups is 1. The van der Waals surface area contributed by atoms with E-state index in [2.05, 4.69) is 5.10 Å². The first-order valence-corrected chi connectivity index (χ1v) is 11.2. The second kappa shape index (κ2) is 7.84. The van der Waals surface area contributed by atoms with Crippen molar-refractivity contribution < 1.29 is 17.6 Å². The van der Waals surface area contributed by atoms with Crippen molar-refractivity contribution >= 4 is 15.9 Å². The standard InChI is InChI=1S/C20H22N4O4S/c1-29(26,27)23-11-6-10-22(12-13-23)20(25)18-15-17(19-9-5-14-28-19)21-24(18)16-7-3-2-4-8-16/h2-5,7-9,14-15H,6,10-13H2,1H3. The molecule has 0 radical (unpaired) electrons. The van der Waals surface area contributed by atoms with Gasteiger partial charge >= 0.3 is 0 Å². The summed E-state index contributed by atoms with van der Waals surface area (Å²) in [6.07, 6.45) is 3.35. The van der Waals surface area contributed by atoms with Crippen molar-refractivity contribution in [1.29, 1.82) is 0 Å². The highest BCUT2D eigenvalue weighted by Gasteiger charge is 2.27. The summed E-state index contributed by atoms with van der Waals surface area (Å²) >= 11 is 0. The summed E-state index contributed by atoms with van der Waals surface area (Å²) in [5, 5.41) is 4.59. The van der Waals surface area contributed by atoms with Crippen molar-refractivity contribution in [3.63, 3.8) is 0 Å². The van der Waals surface area contributed by atoms with E-state index in [-0.39, 0.29) is 12.5 Å². The monoisotopic (exact) mass is 414 g/mol. The molecule has 3 aromatic rings. The van der Waals surface area contributed by atoms with Crippen molar-refractivity contribution in [2.24, 2.45) is 0 Å². The van der Waals surface area contributed by atoms with E-state index < -0.39 is 10.0 Å². The topological polar surface area (TPSA) is 88.7 Å². The molecule has 1 aliphatic heterocycles. The van der Waals surface area contributed by atoms with E-state index in [1.165, 1.54) is 10.6 Å². The van der Waals surface area contributed by atoms with Crippen molar-refractivity contribution in [2.75, 3.05) is 32.4 Å². The van der Waals surface area contributed by atoms with Gasteiger partial charge in [-0.05, 0) is 30.7 Å². The minimum Gasteiger partial charge on any atom is -0.463 e. The number of para-hydroxylation sites is 1. The van der Waals surface area contributed by atoms with E-state index in [1.54, 1.807) is 34.0 Å². The maximum Gasteiger partial charge on any atom is 0.272 e. The van der Waals surface area contributed by atoms with E-state index >= 15 is 0 Å². The van der Waals surface area contributed by atoms with Crippen LogP contribution in [0.3, 0.4) is 0 Å². The number of amides is 1. The highest BCUT2D eigenvalue weighted by atomic mass is 32.2. The molecule has 0 N–H and O–H groups in total. The molecule has 1 saturated heterocycles. The highest BCUT2D eigenvalue weighted by molar-refractivity contribution is 7.88. The molecule has 0 spiro atoms. The SMILES string of the molecule is CS(=O)(=O)N1CCCN(C(=O)c2cc(-c3ccco3)nn2-c2ccccc2)CC1. The summed E-state index contributed by atoms with van der Waals surface area (Å²) < 4.78 is 32.2. The summed E-state index contributed by atoms with van der Waals surface area (Å²) in [7, 11) is -3.27. The van der Waals surface area contributed by atoms with Crippen molar-refractivity contribution in [3.8, 4) is 17.1 Å². The summed E-state index contributed by atoms with van der Waals surface area (Å²) in [4.78, 5) is 15.0. The Bertz CT molecular complexity index is 1090. The molecule has 8 nitrogen and oxygen atoms in total. The number of benzene rings is 1. The predicted octanol–water partition coefficient (Wildman–Crippen LogP) is 2.24. The van der Waals surface area contributed by atoms with Gasteiger partial charge in [-0.15, -0.1) is 0 Å². The van der Waals surface area contributed by atoms with Gasteiger partial charge in [-0.2, -0.15) is 5.10 Å². The Morgan fingerprint density at radius 1 is 1.03 bits per heavy atom. The Morgan fingerprint density at radius 2 is 1.83 bits per heavy atom. The average molecular weight is 414 g/mol. The first kappa shape index (κ1) is 19.4. The van der Waals surface area contributed by atoms with Gasteiger partial charge in [0.05, 0.1) is 18.2 Å². The molecule has 1 amide bonds. The summed E-state index contributed by atoms with van der Waals surface area (Å²) in [5.74, 6) is 0.391. The third-order valence-corrected chi connectivity index (χ3v) is 6.22. The molecule has 2 aromatic heterocycles. The highest BCUT2D eigenvalue weighted by Crippen LogP contribution is 2.23. The van der Waals surface area contributed by atoms with Gasteiger partial charge in [0.15, 0.2) is 5.76 Å². The van der Waals surface area contributed by atoms with E-state index in [1.807, 2.05) is 30.3 Å². The van der Waals surface area contributed by atoms with Crippen LogP contribution in [-0.4, -0.2) is 65.7 Å². The predicted molar refractivity (Wildman–Crippen MR) is 108 cm³/mol. The Balaban J connectivity index is 1.67. The zero-order valence-corrected chi connectivity index (χ0v) is 16.9. The summed E-state index contributed by atoms with van der Waals surface area (Å²) in [6.45, 7) is 1.52. The molecule has 152 valence electrons. The molecule has 1 fully saturated rings. The number of nitrogens with zero attached hydrogens (tertiary/aromatic N) is 4. The normalized spacial score (nSPS) is 16.0. The van der Waals surface area contributed by atoms with Crippen LogP contribution in [0.2, 0.25) is 0 Å². The quantitative estimate of drug-likeness (QED) is 0.653. The van der Waals surface area contributed by atoms with Crippen LogP contribution in [-0.2, 0) is 10.0 Å². The minimum atomic E-state index is -3.27. The number of carbonyl (C=O) groups excluding carboxylic acids is 1. The number of hydrogen-bond acceptors (Lipinski definition) is 5. The number of hydrogen-bond donors (Lipinski definition) is 0. The van der Waals surface area contributed by atoms with Gasteiger partial charge in [-0.1, -0.05) is 18.2 Å². The van der Waals surface area contributed by atoms with Crippen LogP contribution < -0.4 is 0 Å². The lowest BCUT2D eigenvalue weighted by Gasteiger charge is -2.21. The smallest absolute Gasteiger partial charge is 0.272 e. The largest absolute Gasteiger partial charge is 0.463 e. The average Bonchev–Trinajstić information content (AvgIpc) is 3.31. The van der Waals surface area contributed by atoms with Crippen molar-refractivity contribution in [3.05, 3.63) is 60.5 Å². The van der Waals surface area contributed by atoms with Gasteiger partial charge in [0.25, 0.3) is 5.91 Å². The lowest BCUT2D eigenvalue weighted by Crippen LogP contribution is -2.37. The van der Waals surface area contributed by atoms with E-state index in [4.69, 9.17) is 4.42 Å². The zero-order chi connectivity index (χ0) is 20.4. The second-order valence-corrected chi connectivity index (χ2v) is 8.93. The zero-order valence-electron chi connectivity index (χ0n) is 16.1. The first-order valence-electron chi connectivity index (χ1n) is 9.37. The van der Waals surface area contributed by atoms with E-state index in [0.29, 0.717) is 43.2 Å². The summed E-state index contributed by atoms with van der Waals surface area (Å²) in [6, 6.07) is 14.7. The molecule has 9 heteroatoms. The Labute approximate surface area is 169 Å². The number of rotatable bonds is 4. The fourth-order valence-corrected chi connectivity index (χ4v) is 4.31. The van der Waals surface area contributed by atoms with Crippen LogP contribution in [0.25, 0.3) is 17.1 Å². The third-order valence-electron chi connectivity index (χ3n) is 4.91. The van der Waals surface area contributed by atoms with Gasteiger partial charge in [-0.3, -0.25) is 4.79 Å². The van der Waals surface area contributed by atoms with Crippen LogP contribution in [0.15, 0.2) is 59.2 Å². The Morgan fingerprint density at radius 3 is 2.52 bits per heavy atom. The minimum absolute atomic E-state index is 0.186. The van der Waals surface area contributed by atoms with Gasteiger partial charge in [0.1, 0.15) is 11.4 Å². The van der Waals surface area contributed by atoms with Crippen LogP contribution in [0, 0.1) is 0 Å². The molecule has 1 aliphatic rings. The number of furan rings is 1. The molecule has 0 bridgehead atoms. The molecule has 29 heavy (non-hydrogen) atoms. The molecule has 4 rings (SSSR count). The fraction of sp³-hybridized carbons (Fsp3) is 0.300. The Kier molecular flexibility index (Phi) is 5.25. The third kappa shape index (κ3) is 4.10. The summed E-state index contributed by atoms with van der Waals surface area (Å²) in [5.41, 5.74) is 1.74. The molecule has 0 saturated carbocycles. The van der Waals surface area contributed by atoms with Crippen LogP contribution in [0.4, 0.5) is 0 Å². The first-order chi connectivity index (χ1) is 13.9. The maximum atomic E-state index is 13.4. The van der Waals surface area contributed by atoms with E-state index in [9.17, 15) is 13.2 Å². The van der Waals surface area contributed by atoms with Gasteiger partial charge in [0.2, 0.25) is 10.0 Å². The van der Waals surface area contributed by atoms with Gasteiger partial charge in [0, 0.05) is 32.2 Å². The lowest BCUT2D eigenvalue weighted by atomic mass is 10.2. The van der Waals surface area contributed by atoms with E-state index in [0.717, 1.165) is 5.69 Å². The van der Waals surface area contributed by atoms with Crippen LogP contribution >= 0.6 is 0 Å². The molecular weight excluding hydrogens is 392 g/mol. The molecule has 1 aromatic carbocycles. The van der Waals surface area contributed by atoms with Gasteiger partial charge < -0.3 is 9.32 Å². The second-order valence-electron chi connectivity index (χ2n) is 6.95. The number of aromatic nitrogens is 2. The van der Waals surface area contributed by atoms with Crippen LogP contribution in [0.5, 0.6) is 0 Å². The number of sulfonamides is 1. The lowest BCUT2D eigenvalue weighted by molar-refractivity contribution is 0.0755. The molecule has 0 unspecified atom stereocenters. The molecular formula is C20H22N4O4S. The van der Waals surface area contributed by atoms with Crippen molar-refractivity contribution in [1.82, 2.24) is 19.0 Å². The fourth-order valence-electron chi connectivity index (χ4n) is 3.43. The molecule has 0 aliphatic carbocycles. The van der Waals surface area contributed by atoms with Gasteiger partial charge in [-0.25, -0.2) is 17.4 Å². The molecule has 3 heterocycles. The molecule has 0 atom stereocenters. The Hall–Kier alpha value is -2.91. The van der Waals surface area contributed by atoms with Crippen molar-refractivity contribution in [2.45, 2.75) is 6.42 Å². The maximum absolute atomic E-state index is 13.4.